The maximum absolute atomic E-state index is 13.5. The van der Waals surface area contributed by atoms with E-state index >= 15 is 0 Å². The molecule has 0 aliphatic heterocycles. The molecule has 1 amide bonds. The number of anilines is 1. The molecule has 1 heterocycles. The number of amides is 1. The Hall–Kier alpha value is -2.37. The molecule has 0 aliphatic carbocycles. The normalized spacial score (nSPS) is 10.5. The lowest BCUT2D eigenvalue weighted by Gasteiger charge is -2.08. The highest BCUT2D eigenvalue weighted by molar-refractivity contribution is 5.97. The van der Waals surface area contributed by atoms with E-state index in [0.717, 1.165) is 5.56 Å². The summed E-state index contributed by atoms with van der Waals surface area (Å²) in [6.45, 7) is 3.70. The maximum Gasteiger partial charge on any atom is 0.256 e. The maximum atomic E-state index is 13.5. The lowest BCUT2D eigenvalue weighted by atomic mass is 10.1. The van der Waals surface area contributed by atoms with Crippen LogP contribution < -0.4 is 11.1 Å². The number of halogens is 1. The molecule has 5 nitrogen and oxygen atoms in total. The van der Waals surface area contributed by atoms with Gasteiger partial charge < -0.3 is 11.1 Å². The number of hydrogen-bond donors (Lipinski definition) is 3. The molecule has 0 fully saturated rings. The molecule has 0 spiro atoms. The predicted molar refractivity (Wildman–Crippen MR) is 70.0 cm³/mol. The molecule has 0 aliphatic rings. The number of nitrogens with two attached hydrogens (primary N) is 1. The van der Waals surface area contributed by atoms with Gasteiger partial charge in [-0.1, -0.05) is 12.1 Å². The third kappa shape index (κ3) is 2.73. The molecule has 0 saturated carbocycles. The van der Waals surface area contributed by atoms with Crippen molar-refractivity contribution in [2.24, 2.45) is 0 Å². The minimum Gasteiger partial charge on any atom is -0.383 e. The molecule has 4 N–H and O–H groups in total. The molecular weight excluding hydrogens is 247 g/mol. The Labute approximate surface area is 110 Å². The van der Waals surface area contributed by atoms with Gasteiger partial charge in [0.2, 0.25) is 0 Å². The Morgan fingerprint density at radius 1 is 1.42 bits per heavy atom. The third-order valence-corrected chi connectivity index (χ3v) is 2.86. The standard InChI is InChI=1S/C13H15FN4O/c1-7-3-9(4-8(2)11(7)14)5-16-13(19)10-6-17-18-12(10)15/h3-4,6H,5H2,1-2H3,(H,16,19)(H3,15,17,18). The first-order chi connectivity index (χ1) is 8.99. The Morgan fingerprint density at radius 3 is 2.58 bits per heavy atom. The van der Waals surface area contributed by atoms with Crippen LogP contribution in [0.25, 0.3) is 0 Å². The number of carbonyl (C=O) groups is 1. The second-order valence-electron chi connectivity index (χ2n) is 4.42. The van der Waals surface area contributed by atoms with Crippen molar-refractivity contribution in [3.05, 3.63) is 46.4 Å². The van der Waals surface area contributed by atoms with Crippen molar-refractivity contribution < 1.29 is 9.18 Å². The van der Waals surface area contributed by atoms with Gasteiger partial charge in [0.15, 0.2) is 0 Å². The number of nitrogens with one attached hydrogen (secondary N) is 2. The molecule has 2 rings (SSSR count). The zero-order valence-electron chi connectivity index (χ0n) is 10.7. The van der Waals surface area contributed by atoms with Crippen LogP contribution in [0, 0.1) is 19.7 Å². The van der Waals surface area contributed by atoms with Crippen molar-refractivity contribution in [3.63, 3.8) is 0 Å². The summed E-state index contributed by atoms with van der Waals surface area (Å²) in [5.41, 5.74) is 7.82. The molecule has 1 aromatic carbocycles. The van der Waals surface area contributed by atoms with Crippen molar-refractivity contribution >= 4 is 11.7 Å². The average Bonchev–Trinajstić information content (AvgIpc) is 2.79. The first-order valence-electron chi connectivity index (χ1n) is 5.81. The van der Waals surface area contributed by atoms with Crippen LogP contribution in [0.15, 0.2) is 18.3 Å². The van der Waals surface area contributed by atoms with E-state index in [-0.39, 0.29) is 17.5 Å². The van der Waals surface area contributed by atoms with Gasteiger partial charge in [-0.05, 0) is 30.5 Å². The fourth-order valence-electron chi connectivity index (χ4n) is 1.89. The molecule has 1 aromatic heterocycles. The quantitative estimate of drug-likeness (QED) is 0.786. The lowest BCUT2D eigenvalue weighted by Crippen LogP contribution is -2.23. The van der Waals surface area contributed by atoms with Crippen molar-refractivity contribution in [1.82, 2.24) is 15.5 Å². The van der Waals surface area contributed by atoms with Gasteiger partial charge in [-0.15, -0.1) is 0 Å². The van der Waals surface area contributed by atoms with Gasteiger partial charge in [0.05, 0.1) is 6.20 Å². The van der Waals surface area contributed by atoms with E-state index in [0.29, 0.717) is 23.2 Å². The van der Waals surface area contributed by atoms with E-state index in [2.05, 4.69) is 15.5 Å². The van der Waals surface area contributed by atoms with Gasteiger partial charge >= 0.3 is 0 Å². The molecule has 0 unspecified atom stereocenters. The fourth-order valence-corrected chi connectivity index (χ4v) is 1.89. The first-order valence-corrected chi connectivity index (χ1v) is 5.81. The molecule has 100 valence electrons. The van der Waals surface area contributed by atoms with E-state index in [9.17, 15) is 9.18 Å². The molecule has 0 saturated heterocycles. The molecule has 19 heavy (non-hydrogen) atoms. The van der Waals surface area contributed by atoms with Gasteiger partial charge in [-0.25, -0.2) is 4.39 Å². The lowest BCUT2D eigenvalue weighted by molar-refractivity contribution is 0.0952. The Kier molecular flexibility index (Phi) is 3.50. The van der Waals surface area contributed by atoms with Crippen LogP contribution in [-0.2, 0) is 6.54 Å². The summed E-state index contributed by atoms with van der Waals surface area (Å²) in [7, 11) is 0. The molecule has 0 bridgehead atoms. The predicted octanol–water partition coefficient (Wildman–Crippen LogP) is 1.68. The van der Waals surface area contributed by atoms with Gasteiger partial charge in [0.1, 0.15) is 17.2 Å². The van der Waals surface area contributed by atoms with E-state index in [1.807, 2.05) is 0 Å². The largest absolute Gasteiger partial charge is 0.383 e. The number of nitrogen functional groups attached to an aromatic ring is 1. The van der Waals surface area contributed by atoms with Crippen LogP contribution in [0.5, 0.6) is 0 Å². The summed E-state index contributed by atoms with van der Waals surface area (Å²) in [5.74, 6) is -0.302. The summed E-state index contributed by atoms with van der Waals surface area (Å²) in [6.07, 6.45) is 1.37. The first kappa shape index (κ1) is 13.1. The monoisotopic (exact) mass is 262 g/mol. The topological polar surface area (TPSA) is 83.8 Å². The highest BCUT2D eigenvalue weighted by atomic mass is 19.1. The SMILES string of the molecule is Cc1cc(CNC(=O)c2cn[nH]c2N)cc(C)c1F. The van der Waals surface area contributed by atoms with Crippen molar-refractivity contribution in [3.8, 4) is 0 Å². The number of aromatic amines is 1. The Balaban J connectivity index is 2.07. The summed E-state index contributed by atoms with van der Waals surface area (Å²) >= 11 is 0. The smallest absolute Gasteiger partial charge is 0.256 e. The number of aryl methyl sites for hydroxylation is 2. The number of rotatable bonds is 3. The fraction of sp³-hybridized carbons (Fsp3) is 0.231. The van der Waals surface area contributed by atoms with Crippen LogP contribution in [0.3, 0.4) is 0 Å². The highest BCUT2D eigenvalue weighted by Gasteiger charge is 2.11. The van der Waals surface area contributed by atoms with E-state index in [1.54, 1.807) is 26.0 Å². The van der Waals surface area contributed by atoms with Crippen LogP contribution >= 0.6 is 0 Å². The average molecular weight is 262 g/mol. The van der Waals surface area contributed by atoms with Crippen molar-refractivity contribution in [2.75, 3.05) is 5.73 Å². The second-order valence-corrected chi connectivity index (χ2v) is 4.42. The van der Waals surface area contributed by atoms with Crippen LogP contribution in [-0.4, -0.2) is 16.1 Å². The van der Waals surface area contributed by atoms with Gasteiger partial charge in [0, 0.05) is 6.54 Å². The van der Waals surface area contributed by atoms with E-state index < -0.39 is 0 Å². The highest BCUT2D eigenvalue weighted by Crippen LogP contribution is 2.15. The zero-order valence-corrected chi connectivity index (χ0v) is 10.7. The van der Waals surface area contributed by atoms with Crippen molar-refractivity contribution in [1.29, 1.82) is 0 Å². The van der Waals surface area contributed by atoms with E-state index in [1.165, 1.54) is 6.20 Å². The molecule has 0 radical (unpaired) electrons. The van der Waals surface area contributed by atoms with Gasteiger partial charge in [-0.2, -0.15) is 5.10 Å². The molecule has 2 aromatic rings. The summed E-state index contributed by atoms with van der Waals surface area (Å²) < 4.78 is 13.5. The third-order valence-electron chi connectivity index (χ3n) is 2.86. The minimum atomic E-state index is -0.314. The number of nitrogens with zero attached hydrogens (tertiary/aromatic N) is 1. The molecule has 6 heteroatoms. The minimum absolute atomic E-state index is 0.214. The number of H-pyrrole nitrogens is 1. The van der Waals surface area contributed by atoms with Gasteiger partial charge in [0.25, 0.3) is 5.91 Å². The summed E-state index contributed by atoms with van der Waals surface area (Å²) in [5, 5.41) is 8.88. The number of benzene rings is 1. The Bertz CT molecular complexity index is 598. The Morgan fingerprint density at radius 2 is 2.05 bits per heavy atom. The summed E-state index contributed by atoms with van der Waals surface area (Å²) in [4.78, 5) is 11.8. The van der Waals surface area contributed by atoms with Gasteiger partial charge in [-0.3, -0.25) is 9.89 Å². The molecule has 0 atom stereocenters. The van der Waals surface area contributed by atoms with Crippen LogP contribution in [0.1, 0.15) is 27.0 Å². The summed E-state index contributed by atoms with van der Waals surface area (Å²) in [6, 6.07) is 3.42. The zero-order chi connectivity index (χ0) is 14.0. The molecular formula is C13H15FN4O. The van der Waals surface area contributed by atoms with Crippen molar-refractivity contribution in [2.45, 2.75) is 20.4 Å². The number of carbonyl (C=O) groups excluding carboxylic acids is 1. The number of hydrogen-bond acceptors (Lipinski definition) is 3. The van der Waals surface area contributed by atoms with E-state index in [4.69, 9.17) is 5.73 Å². The second kappa shape index (κ2) is 5.09. The number of aromatic nitrogens is 2. The van der Waals surface area contributed by atoms with Crippen LogP contribution in [0.4, 0.5) is 10.2 Å². The van der Waals surface area contributed by atoms with Crippen LogP contribution in [0.2, 0.25) is 0 Å².